The summed E-state index contributed by atoms with van der Waals surface area (Å²) in [7, 11) is 0. The summed E-state index contributed by atoms with van der Waals surface area (Å²) in [6.45, 7) is 2.92. The minimum Gasteiger partial charge on any atom is -0.491 e. The van der Waals surface area contributed by atoms with Crippen LogP contribution in [0.5, 0.6) is 5.75 Å². The van der Waals surface area contributed by atoms with Crippen LogP contribution in [0, 0.1) is 0 Å². The first-order valence-electron chi connectivity index (χ1n) is 9.09. The molecule has 1 aliphatic carbocycles. The lowest BCUT2D eigenvalue weighted by molar-refractivity contribution is 0.0927. The highest BCUT2D eigenvalue weighted by Gasteiger charge is 2.30. The van der Waals surface area contributed by atoms with Crippen LogP contribution in [0.25, 0.3) is 11.0 Å². The second-order valence-electron chi connectivity index (χ2n) is 6.81. The number of fused-ring (bicyclic) bond motifs is 1. The Labute approximate surface area is 148 Å². The van der Waals surface area contributed by atoms with E-state index in [0.29, 0.717) is 12.5 Å². The minimum atomic E-state index is -0.569. The van der Waals surface area contributed by atoms with Gasteiger partial charge in [-0.1, -0.05) is 31.2 Å². The maximum Gasteiger partial charge on any atom is 0.119 e. The summed E-state index contributed by atoms with van der Waals surface area (Å²) in [6, 6.07) is 16.2. The zero-order valence-electron chi connectivity index (χ0n) is 14.6. The van der Waals surface area contributed by atoms with Crippen molar-refractivity contribution in [3.63, 3.8) is 0 Å². The quantitative estimate of drug-likeness (QED) is 0.711. The number of benzene rings is 2. The third kappa shape index (κ3) is 3.54. The van der Waals surface area contributed by atoms with Gasteiger partial charge >= 0.3 is 0 Å². The number of hydrogen-bond acceptors (Lipinski definition) is 3. The van der Waals surface area contributed by atoms with Gasteiger partial charge in [0, 0.05) is 5.92 Å². The highest BCUT2D eigenvalue weighted by Crippen LogP contribution is 2.40. The summed E-state index contributed by atoms with van der Waals surface area (Å²) in [4.78, 5) is 4.78. The fourth-order valence-corrected chi connectivity index (χ4v) is 3.22. The smallest absolute Gasteiger partial charge is 0.119 e. The third-order valence-electron chi connectivity index (χ3n) is 4.79. The van der Waals surface area contributed by atoms with Gasteiger partial charge in [-0.05, 0) is 49.1 Å². The predicted molar refractivity (Wildman–Crippen MR) is 99.0 cm³/mol. The number of imidazole rings is 1. The van der Waals surface area contributed by atoms with Crippen LogP contribution < -0.4 is 4.74 Å². The molecule has 0 aliphatic heterocycles. The Hall–Kier alpha value is -2.33. The van der Waals surface area contributed by atoms with Gasteiger partial charge in [0.1, 0.15) is 24.3 Å². The number of para-hydroxylation sites is 2. The van der Waals surface area contributed by atoms with Crippen LogP contribution in [0.15, 0.2) is 48.5 Å². The SMILES string of the molecule is CCc1ccc(OC[C@H](O)Cn2c(C3CC3)nc3ccccc32)cc1. The molecule has 1 fully saturated rings. The molecule has 1 saturated carbocycles. The Kier molecular flexibility index (Phi) is 4.45. The molecule has 25 heavy (non-hydrogen) atoms. The van der Waals surface area contributed by atoms with E-state index < -0.39 is 6.10 Å². The molecule has 4 nitrogen and oxygen atoms in total. The predicted octanol–water partition coefficient (Wildman–Crippen LogP) is 3.92. The Morgan fingerprint density at radius 2 is 1.92 bits per heavy atom. The molecule has 4 rings (SSSR count). The van der Waals surface area contributed by atoms with Gasteiger partial charge in [0.2, 0.25) is 0 Å². The highest BCUT2D eigenvalue weighted by molar-refractivity contribution is 5.76. The number of nitrogens with zero attached hydrogens (tertiary/aromatic N) is 2. The fourth-order valence-electron chi connectivity index (χ4n) is 3.22. The number of rotatable bonds is 7. The highest BCUT2D eigenvalue weighted by atomic mass is 16.5. The molecule has 1 heterocycles. The molecule has 2 aromatic carbocycles. The second-order valence-corrected chi connectivity index (χ2v) is 6.81. The van der Waals surface area contributed by atoms with Crippen molar-refractivity contribution in [3.05, 3.63) is 59.9 Å². The molecule has 0 spiro atoms. The first-order valence-corrected chi connectivity index (χ1v) is 9.09. The van der Waals surface area contributed by atoms with Crippen LogP contribution in [-0.2, 0) is 13.0 Å². The Bertz CT molecular complexity index is 850. The summed E-state index contributed by atoms with van der Waals surface area (Å²) in [5.41, 5.74) is 3.38. The van der Waals surface area contributed by atoms with Crippen LogP contribution in [-0.4, -0.2) is 27.4 Å². The van der Waals surface area contributed by atoms with E-state index in [2.05, 4.69) is 29.7 Å². The lowest BCUT2D eigenvalue weighted by Gasteiger charge is -2.16. The number of ether oxygens (including phenoxy) is 1. The monoisotopic (exact) mass is 336 g/mol. The maximum atomic E-state index is 10.5. The summed E-state index contributed by atoms with van der Waals surface area (Å²) >= 11 is 0. The topological polar surface area (TPSA) is 47.3 Å². The Balaban J connectivity index is 1.46. The van der Waals surface area contributed by atoms with Crippen molar-refractivity contribution in [2.75, 3.05) is 6.61 Å². The molecule has 0 amide bonds. The molecule has 130 valence electrons. The first-order chi connectivity index (χ1) is 12.2. The van der Waals surface area contributed by atoms with Gasteiger partial charge in [-0.3, -0.25) is 0 Å². The summed E-state index contributed by atoms with van der Waals surface area (Å²) in [6.07, 6.45) is 2.83. The van der Waals surface area contributed by atoms with Crippen molar-refractivity contribution < 1.29 is 9.84 Å². The number of aliphatic hydroxyl groups is 1. The lowest BCUT2D eigenvalue weighted by atomic mass is 10.2. The number of aryl methyl sites for hydroxylation is 1. The molecule has 1 N–H and O–H groups in total. The van der Waals surface area contributed by atoms with E-state index >= 15 is 0 Å². The first kappa shape index (κ1) is 16.2. The van der Waals surface area contributed by atoms with E-state index in [-0.39, 0.29) is 6.61 Å². The summed E-state index contributed by atoms with van der Waals surface area (Å²) in [5, 5.41) is 10.5. The van der Waals surface area contributed by atoms with Gasteiger partial charge in [0.25, 0.3) is 0 Å². The largest absolute Gasteiger partial charge is 0.491 e. The van der Waals surface area contributed by atoms with Crippen molar-refractivity contribution in [1.29, 1.82) is 0 Å². The maximum absolute atomic E-state index is 10.5. The average molecular weight is 336 g/mol. The van der Waals surface area contributed by atoms with Crippen molar-refractivity contribution in [2.24, 2.45) is 0 Å². The molecular weight excluding hydrogens is 312 g/mol. The van der Waals surface area contributed by atoms with Crippen LogP contribution >= 0.6 is 0 Å². The molecule has 1 aromatic heterocycles. The van der Waals surface area contributed by atoms with Gasteiger partial charge in [-0.2, -0.15) is 0 Å². The van der Waals surface area contributed by atoms with Crippen molar-refractivity contribution in [1.82, 2.24) is 9.55 Å². The summed E-state index contributed by atoms with van der Waals surface area (Å²) in [5.74, 6) is 2.45. The van der Waals surface area contributed by atoms with Crippen LogP contribution in [0.3, 0.4) is 0 Å². The molecule has 3 aromatic rings. The third-order valence-corrected chi connectivity index (χ3v) is 4.79. The van der Waals surface area contributed by atoms with Gasteiger partial charge in [0.15, 0.2) is 0 Å². The Morgan fingerprint density at radius 1 is 1.16 bits per heavy atom. The molecule has 4 heteroatoms. The molecule has 0 saturated heterocycles. The number of hydrogen-bond donors (Lipinski definition) is 1. The van der Waals surface area contributed by atoms with E-state index in [4.69, 9.17) is 9.72 Å². The zero-order valence-corrected chi connectivity index (χ0v) is 14.6. The number of aliphatic hydroxyl groups excluding tert-OH is 1. The van der Waals surface area contributed by atoms with Crippen molar-refractivity contribution in [2.45, 2.75) is 44.8 Å². The molecule has 0 unspecified atom stereocenters. The van der Waals surface area contributed by atoms with Crippen LogP contribution in [0.4, 0.5) is 0 Å². The molecule has 1 atom stereocenters. The molecule has 1 aliphatic rings. The van der Waals surface area contributed by atoms with Crippen LogP contribution in [0.2, 0.25) is 0 Å². The van der Waals surface area contributed by atoms with Crippen molar-refractivity contribution in [3.8, 4) is 5.75 Å². The molecule has 0 bridgehead atoms. The molecular formula is C21H24N2O2. The summed E-state index contributed by atoms with van der Waals surface area (Å²) < 4.78 is 7.93. The van der Waals surface area contributed by atoms with Gasteiger partial charge in [-0.15, -0.1) is 0 Å². The lowest BCUT2D eigenvalue weighted by Crippen LogP contribution is -2.24. The van der Waals surface area contributed by atoms with E-state index in [1.165, 1.54) is 18.4 Å². The number of aromatic nitrogens is 2. The standard InChI is InChI=1S/C21H24N2O2/c1-2-15-7-11-18(12-8-15)25-14-17(24)13-23-20-6-4-3-5-19(20)22-21(23)16-9-10-16/h3-8,11-12,16-17,24H,2,9-10,13-14H2,1H3/t17-/m1/s1. The minimum absolute atomic E-state index is 0.280. The molecule has 0 radical (unpaired) electrons. The van der Waals surface area contributed by atoms with E-state index in [1.54, 1.807) is 0 Å². The zero-order chi connectivity index (χ0) is 17.2. The van der Waals surface area contributed by atoms with Gasteiger partial charge in [-0.25, -0.2) is 4.98 Å². The van der Waals surface area contributed by atoms with E-state index in [1.807, 2.05) is 30.3 Å². The van der Waals surface area contributed by atoms with Gasteiger partial charge < -0.3 is 14.4 Å². The Morgan fingerprint density at radius 3 is 2.64 bits per heavy atom. The normalized spacial score (nSPS) is 15.4. The average Bonchev–Trinajstić information content (AvgIpc) is 3.43. The second kappa shape index (κ2) is 6.89. The van der Waals surface area contributed by atoms with Crippen LogP contribution in [0.1, 0.15) is 37.1 Å². The van der Waals surface area contributed by atoms with Gasteiger partial charge in [0.05, 0.1) is 17.6 Å². The van der Waals surface area contributed by atoms with E-state index in [9.17, 15) is 5.11 Å². The fraction of sp³-hybridized carbons (Fsp3) is 0.381. The van der Waals surface area contributed by atoms with Crippen molar-refractivity contribution >= 4 is 11.0 Å². The van der Waals surface area contributed by atoms with E-state index in [0.717, 1.165) is 29.0 Å².